The van der Waals surface area contributed by atoms with Crippen LogP contribution in [0.4, 0.5) is 0 Å². The standard InChI is InChI=1S/C21H25NO5/c1-3-27-19(15-9-5-4-6-10-15)20(23)22-14-17(21(24)25)13-16-11-7-8-12-18(16)26-2/h4-12,17,19H,3,13-14H2,1-2H3,(H,22,23)(H,24,25). The first-order valence-electron chi connectivity index (χ1n) is 8.85. The Balaban J connectivity index is 2.05. The summed E-state index contributed by atoms with van der Waals surface area (Å²) in [5.74, 6) is -1.47. The van der Waals surface area contributed by atoms with Gasteiger partial charge in [0.05, 0.1) is 13.0 Å². The summed E-state index contributed by atoms with van der Waals surface area (Å²) in [6, 6.07) is 16.4. The molecule has 144 valence electrons. The first-order chi connectivity index (χ1) is 13.1. The molecule has 0 heterocycles. The smallest absolute Gasteiger partial charge is 0.308 e. The minimum absolute atomic E-state index is 0.00260. The Hall–Kier alpha value is -2.86. The minimum atomic E-state index is -0.978. The Morgan fingerprint density at radius 2 is 1.74 bits per heavy atom. The highest BCUT2D eigenvalue weighted by molar-refractivity contribution is 5.83. The molecule has 1 amide bonds. The van der Waals surface area contributed by atoms with Crippen LogP contribution in [0.3, 0.4) is 0 Å². The van der Waals surface area contributed by atoms with Crippen LogP contribution in [0.25, 0.3) is 0 Å². The van der Waals surface area contributed by atoms with Crippen molar-refractivity contribution >= 4 is 11.9 Å². The molecule has 0 bridgehead atoms. The van der Waals surface area contributed by atoms with Crippen LogP contribution >= 0.6 is 0 Å². The molecular weight excluding hydrogens is 346 g/mol. The van der Waals surface area contributed by atoms with Gasteiger partial charge in [0.1, 0.15) is 5.75 Å². The van der Waals surface area contributed by atoms with E-state index in [0.29, 0.717) is 12.4 Å². The van der Waals surface area contributed by atoms with Crippen molar-refractivity contribution in [1.82, 2.24) is 5.32 Å². The molecule has 2 atom stereocenters. The van der Waals surface area contributed by atoms with Crippen LogP contribution < -0.4 is 10.1 Å². The van der Waals surface area contributed by atoms with E-state index in [-0.39, 0.29) is 18.9 Å². The fourth-order valence-corrected chi connectivity index (χ4v) is 2.82. The second-order valence-electron chi connectivity index (χ2n) is 6.04. The van der Waals surface area contributed by atoms with Gasteiger partial charge in [-0.3, -0.25) is 9.59 Å². The molecule has 0 fully saturated rings. The molecule has 0 aromatic heterocycles. The number of amides is 1. The lowest BCUT2D eigenvalue weighted by Gasteiger charge is -2.20. The number of carbonyl (C=O) groups is 2. The zero-order valence-corrected chi connectivity index (χ0v) is 15.6. The Bertz CT molecular complexity index is 747. The molecule has 27 heavy (non-hydrogen) atoms. The van der Waals surface area contributed by atoms with Gasteiger partial charge in [0.25, 0.3) is 5.91 Å². The lowest BCUT2D eigenvalue weighted by molar-refractivity contribution is -0.142. The number of ether oxygens (including phenoxy) is 2. The molecule has 0 saturated heterocycles. The maximum Gasteiger partial charge on any atom is 0.308 e. The van der Waals surface area contributed by atoms with E-state index >= 15 is 0 Å². The van der Waals surface area contributed by atoms with Gasteiger partial charge in [0.2, 0.25) is 0 Å². The Labute approximate surface area is 159 Å². The molecule has 0 spiro atoms. The zero-order valence-electron chi connectivity index (χ0n) is 15.6. The van der Waals surface area contributed by atoms with Crippen molar-refractivity contribution in [2.24, 2.45) is 5.92 Å². The number of carboxylic acids is 1. The van der Waals surface area contributed by atoms with Crippen LogP contribution in [0.15, 0.2) is 54.6 Å². The number of carbonyl (C=O) groups excluding carboxylic acids is 1. The van der Waals surface area contributed by atoms with Gasteiger partial charge in [-0.2, -0.15) is 0 Å². The fourth-order valence-electron chi connectivity index (χ4n) is 2.82. The molecule has 0 saturated carbocycles. The van der Waals surface area contributed by atoms with Crippen molar-refractivity contribution in [3.05, 3.63) is 65.7 Å². The van der Waals surface area contributed by atoms with Crippen molar-refractivity contribution in [3.63, 3.8) is 0 Å². The number of aliphatic carboxylic acids is 1. The maximum atomic E-state index is 12.6. The molecule has 0 aliphatic rings. The number of para-hydroxylation sites is 1. The number of hydrogen-bond donors (Lipinski definition) is 2. The highest BCUT2D eigenvalue weighted by Crippen LogP contribution is 2.22. The van der Waals surface area contributed by atoms with Crippen molar-refractivity contribution in [2.45, 2.75) is 19.4 Å². The van der Waals surface area contributed by atoms with Crippen LogP contribution in [-0.2, 0) is 20.7 Å². The average Bonchev–Trinajstić information content (AvgIpc) is 2.69. The van der Waals surface area contributed by atoms with E-state index in [4.69, 9.17) is 9.47 Å². The van der Waals surface area contributed by atoms with Crippen molar-refractivity contribution < 1.29 is 24.2 Å². The molecule has 2 aromatic carbocycles. The largest absolute Gasteiger partial charge is 0.496 e. The summed E-state index contributed by atoms with van der Waals surface area (Å²) in [7, 11) is 1.54. The van der Waals surface area contributed by atoms with Crippen molar-refractivity contribution in [2.75, 3.05) is 20.3 Å². The Morgan fingerprint density at radius 1 is 1.07 bits per heavy atom. The molecule has 6 heteroatoms. The summed E-state index contributed by atoms with van der Waals surface area (Å²) in [6.45, 7) is 2.18. The normalized spacial score (nSPS) is 12.8. The van der Waals surface area contributed by atoms with E-state index in [9.17, 15) is 14.7 Å². The summed E-state index contributed by atoms with van der Waals surface area (Å²) >= 11 is 0. The fraction of sp³-hybridized carbons (Fsp3) is 0.333. The number of nitrogens with one attached hydrogen (secondary N) is 1. The van der Waals surface area contributed by atoms with Gasteiger partial charge >= 0.3 is 5.97 Å². The molecule has 6 nitrogen and oxygen atoms in total. The van der Waals surface area contributed by atoms with Crippen LogP contribution in [0.1, 0.15) is 24.2 Å². The van der Waals surface area contributed by atoms with Gasteiger partial charge in [0.15, 0.2) is 6.10 Å². The highest BCUT2D eigenvalue weighted by Gasteiger charge is 2.25. The highest BCUT2D eigenvalue weighted by atomic mass is 16.5. The van der Waals surface area contributed by atoms with E-state index in [1.807, 2.05) is 55.5 Å². The molecule has 0 radical (unpaired) electrons. The maximum absolute atomic E-state index is 12.6. The van der Waals surface area contributed by atoms with Crippen molar-refractivity contribution in [1.29, 1.82) is 0 Å². The third-order valence-electron chi connectivity index (χ3n) is 4.20. The van der Waals surface area contributed by atoms with Gasteiger partial charge < -0.3 is 19.9 Å². The van der Waals surface area contributed by atoms with Crippen molar-refractivity contribution in [3.8, 4) is 5.75 Å². The third kappa shape index (κ3) is 5.82. The first-order valence-corrected chi connectivity index (χ1v) is 8.85. The number of benzene rings is 2. The molecular formula is C21H25NO5. The van der Waals surface area contributed by atoms with E-state index in [1.54, 1.807) is 13.2 Å². The van der Waals surface area contributed by atoms with Gasteiger partial charge in [-0.05, 0) is 30.5 Å². The van der Waals surface area contributed by atoms with E-state index in [2.05, 4.69) is 5.32 Å². The molecule has 2 rings (SSSR count). The number of carboxylic acid groups (broad SMARTS) is 1. The van der Waals surface area contributed by atoms with Crippen LogP contribution in [-0.4, -0.2) is 37.2 Å². The summed E-state index contributed by atoms with van der Waals surface area (Å²) in [6.07, 6.45) is -0.513. The Kier molecular flexibility index (Phi) is 7.82. The zero-order chi connectivity index (χ0) is 19.6. The number of methoxy groups -OCH3 is 1. The van der Waals surface area contributed by atoms with Crippen LogP contribution in [0.2, 0.25) is 0 Å². The lowest BCUT2D eigenvalue weighted by atomic mass is 9.98. The lowest BCUT2D eigenvalue weighted by Crippen LogP contribution is -2.37. The Morgan fingerprint density at radius 3 is 2.37 bits per heavy atom. The van der Waals surface area contributed by atoms with Gasteiger partial charge in [0, 0.05) is 13.2 Å². The molecule has 2 aromatic rings. The third-order valence-corrected chi connectivity index (χ3v) is 4.20. The second kappa shape index (κ2) is 10.3. The summed E-state index contributed by atoms with van der Waals surface area (Å²) in [5, 5.41) is 12.3. The predicted octanol–water partition coefficient (Wildman–Crippen LogP) is 2.83. The molecule has 0 aliphatic carbocycles. The number of hydrogen-bond acceptors (Lipinski definition) is 4. The van der Waals surface area contributed by atoms with Gasteiger partial charge in [-0.25, -0.2) is 0 Å². The number of rotatable bonds is 10. The van der Waals surface area contributed by atoms with E-state index in [0.717, 1.165) is 11.1 Å². The average molecular weight is 371 g/mol. The summed E-state index contributed by atoms with van der Waals surface area (Å²) in [5.41, 5.74) is 1.51. The quantitative estimate of drug-likeness (QED) is 0.671. The topological polar surface area (TPSA) is 84.9 Å². The first kappa shape index (κ1) is 20.5. The molecule has 0 aliphatic heterocycles. The monoisotopic (exact) mass is 371 g/mol. The summed E-state index contributed by atoms with van der Waals surface area (Å²) in [4.78, 5) is 24.2. The summed E-state index contributed by atoms with van der Waals surface area (Å²) < 4.78 is 10.8. The molecule has 2 N–H and O–H groups in total. The van der Waals surface area contributed by atoms with Crippen LogP contribution in [0.5, 0.6) is 5.75 Å². The van der Waals surface area contributed by atoms with Gasteiger partial charge in [-0.1, -0.05) is 48.5 Å². The van der Waals surface area contributed by atoms with E-state index < -0.39 is 18.0 Å². The minimum Gasteiger partial charge on any atom is -0.496 e. The van der Waals surface area contributed by atoms with Crippen LogP contribution in [0, 0.1) is 5.92 Å². The SMILES string of the molecule is CCOC(C(=O)NCC(Cc1ccccc1OC)C(=O)O)c1ccccc1. The predicted molar refractivity (Wildman–Crippen MR) is 102 cm³/mol. The van der Waals surface area contributed by atoms with E-state index in [1.165, 1.54) is 0 Å². The molecule has 2 unspecified atom stereocenters. The second-order valence-corrected chi connectivity index (χ2v) is 6.04. The van der Waals surface area contributed by atoms with Gasteiger partial charge in [-0.15, -0.1) is 0 Å².